The third-order valence-corrected chi connectivity index (χ3v) is 4.59. The first-order valence-corrected chi connectivity index (χ1v) is 8.42. The number of hydrogen-bond donors (Lipinski definition) is 0. The molecule has 90 valence electrons. The molecule has 16 heavy (non-hydrogen) atoms. The van der Waals surface area contributed by atoms with Crippen molar-refractivity contribution in [1.29, 1.82) is 0 Å². The van der Waals surface area contributed by atoms with Gasteiger partial charge in [-0.3, -0.25) is 0 Å². The van der Waals surface area contributed by atoms with Crippen molar-refractivity contribution in [2.24, 2.45) is 5.41 Å². The van der Waals surface area contributed by atoms with Crippen molar-refractivity contribution in [3.8, 4) is 0 Å². The molecule has 0 atom stereocenters. The number of thiocarbonyl (C=S) groups is 1. The fraction of sp³-hybridized carbons (Fsp3) is 0.615. The normalized spacial score (nSPS) is 19.4. The molecule has 2 rings (SSSR count). The monoisotopic (exact) mass is 272 g/mol. The van der Waals surface area contributed by atoms with Crippen LogP contribution in [0.1, 0.15) is 40.0 Å². The van der Waals surface area contributed by atoms with E-state index in [1.165, 1.54) is 18.6 Å². The van der Waals surface area contributed by atoms with Crippen LogP contribution in [0.3, 0.4) is 0 Å². The predicted molar refractivity (Wildman–Crippen MR) is 83.2 cm³/mol. The van der Waals surface area contributed by atoms with Gasteiger partial charge >= 0.3 is 0 Å². The Morgan fingerprint density at radius 2 is 2.12 bits per heavy atom. The standard InChI is InChI=1S/C8H14S2.C5H6S/c1-8(2,3)4-7-5-9-10-6-7;6-5-3-1-2-4-5/h5H,4,6H2,1-3H3;1,3H,2,4H2. The molecule has 0 aromatic rings. The second-order valence-electron chi connectivity index (χ2n) is 5.28. The van der Waals surface area contributed by atoms with Gasteiger partial charge in [-0.05, 0) is 30.1 Å². The van der Waals surface area contributed by atoms with E-state index in [1.54, 1.807) is 5.57 Å². The van der Waals surface area contributed by atoms with Gasteiger partial charge in [-0.15, -0.1) is 0 Å². The van der Waals surface area contributed by atoms with Crippen LogP contribution in [0, 0.1) is 5.41 Å². The second kappa shape index (κ2) is 6.87. The van der Waals surface area contributed by atoms with Gasteiger partial charge in [0.05, 0.1) is 0 Å². The molecular weight excluding hydrogens is 252 g/mol. The van der Waals surface area contributed by atoms with Crippen molar-refractivity contribution in [1.82, 2.24) is 0 Å². The van der Waals surface area contributed by atoms with Crippen molar-refractivity contribution in [2.45, 2.75) is 40.0 Å². The minimum Gasteiger partial charge on any atom is -0.0851 e. The Kier molecular flexibility index (Phi) is 6.16. The SMILES string of the molecule is CC(C)(C)CC1=CSSC1.S=C1C=CCC1. The van der Waals surface area contributed by atoms with Gasteiger partial charge in [-0.1, -0.05) is 72.3 Å². The highest BCUT2D eigenvalue weighted by atomic mass is 33.1. The third kappa shape index (κ3) is 6.77. The van der Waals surface area contributed by atoms with Gasteiger partial charge in [0, 0.05) is 10.6 Å². The zero-order valence-electron chi connectivity index (χ0n) is 10.3. The Balaban J connectivity index is 0.000000181. The molecule has 0 N–H and O–H groups in total. The lowest BCUT2D eigenvalue weighted by atomic mass is 9.89. The minimum atomic E-state index is 0.470. The Bertz CT molecular complexity index is 295. The zero-order chi connectivity index (χ0) is 12.0. The first-order chi connectivity index (χ1) is 7.47. The molecule has 0 saturated carbocycles. The predicted octanol–water partition coefficient (Wildman–Crippen LogP) is 5.41. The summed E-state index contributed by atoms with van der Waals surface area (Å²) in [6.45, 7) is 6.88. The molecule has 0 bridgehead atoms. The topological polar surface area (TPSA) is 0 Å². The molecule has 1 aliphatic carbocycles. The molecule has 1 heterocycles. The average molecular weight is 273 g/mol. The zero-order valence-corrected chi connectivity index (χ0v) is 12.7. The van der Waals surface area contributed by atoms with Crippen LogP contribution in [0.5, 0.6) is 0 Å². The summed E-state index contributed by atoms with van der Waals surface area (Å²) < 4.78 is 0. The summed E-state index contributed by atoms with van der Waals surface area (Å²) in [4.78, 5) is 1.11. The summed E-state index contributed by atoms with van der Waals surface area (Å²) in [5.74, 6) is 1.24. The van der Waals surface area contributed by atoms with Crippen LogP contribution in [-0.2, 0) is 0 Å². The van der Waals surface area contributed by atoms with E-state index in [2.05, 4.69) is 32.3 Å². The average Bonchev–Trinajstić information content (AvgIpc) is 2.76. The van der Waals surface area contributed by atoms with Crippen LogP contribution in [0.4, 0.5) is 0 Å². The van der Waals surface area contributed by atoms with Crippen molar-refractivity contribution >= 4 is 38.7 Å². The van der Waals surface area contributed by atoms with E-state index in [0.29, 0.717) is 5.41 Å². The van der Waals surface area contributed by atoms with E-state index in [9.17, 15) is 0 Å². The molecule has 0 spiro atoms. The largest absolute Gasteiger partial charge is 0.0851 e. The lowest BCUT2D eigenvalue weighted by Crippen LogP contribution is -2.06. The van der Waals surface area contributed by atoms with Crippen LogP contribution >= 0.6 is 33.8 Å². The first kappa shape index (κ1) is 14.3. The van der Waals surface area contributed by atoms with E-state index in [-0.39, 0.29) is 0 Å². The van der Waals surface area contributed by atoms with Gasteiger partial charge in [-0.2, -0.15) is 0 Å². The first-order valence-electron chi connectivity index (χ1n) is 5.63. The molecule has 0 amide bonds. The van der Waals surface area contributed by atoms with Gasteiger partial charge in [-0.25, -0.2) is 0 Å². The molecule has 0 aromatic carbocycles. The Hall–Kier alpha value is 0.270. The highest BCUT2D eigenvalue weighted by Gasteiger charge is 2.15. The summed E-state index contributed by atoms with van der Waals surface area (Å²) in [6.07, 6.45) is 7.65. The van der Waals surface area contributed by atoms with E-state index < -0.39 is 0 Å². The highest BCUT2D eigenvalue weighted by Crippen LogP contribution is 2.38. The number of allylic oxidation sites excluding steroid dienone is 2. The molecule has 0 aromatic heterocycles. The Labute approximate surface area is 113 Å². The molecule has 0 fully saturated rings. The molecule has 2 aliphatic rings. The Morgan fingerprint density at radius 3 is 2.44 bits per heavy atom. The molecule has 0 radical (unpaired) electrons. The summed E-state index contributed by atoms with van der Waals surface area (Å²) in [7, 11) is 3.82. The van der Waals surface area contributed by atoms with Crippen LogP contribution in [0.25, 0.3) is 0 Å². The van der Waals surface area contributed by atoms with Gasteiger partial charge in [0.25, 0.3) is 0 Å². The van der Waals surface area contributed by atoms with Crippen LogP contribution in [-0.4, -0.2) is 10.6 Å². The van der Waals surface area contributed by atoms with E-state index in [4.69, 9.17) is 12.2 Å². The van der Waals surface area contributed by atoms with Crippen molar-refractivity contribution in [2.75, 3.05) is 5.75 Å². The maximum Gasteiger partial charge on any atom is 0.0259 e. The lowest BCUT2D eigenvalue weighted by Gasteiger charge is -2.17. The molecular formula is C13H20S3. The second-order valence-corrected chi connectivity index (χ2v) is 8.04. The van der Waals surface area contributed by atoms with E-state index in [0.717, 1.165) is 11.3 Å². The number of hydrogen-bond acceptors (Lipinski definition) is 3. The highest BCUT2D eigenvalue weighted by molar-refractivity contribution is 8.78. The van der Waals surface area contributed by atoms with Crippen LogP contribution in [0.2, 0.25) is 0 Å². The lowest BCUT2D eigenvalue weighted by molar-refractivity contribution is 0.411. The molecule has 3 heteroatoms. The summed E-state index contributed by atoms with van der Waals surface area (Å²) >= 11 is 4.83. The quantitative estimate of drug-likeness (QED) is 0.463. The van der Waals surface area contributed by atoms with Crippen LogP contribution < -0.4 is 0 Å². The minimum absolute atomic E-state index is 0.470. The van der Waals surface area contributed by atoms with E-state index in [1.807, 2.05) is 27.7 Å². The molecule has 0 nitrogen and oxygen atoms in total. The van der Waals surface area contributed by atoms with Crippen molar-refractivity contribution in [3.63, 3.8) is 0 Å². The summed E-state index contributed by atoms with van der Waals surface area (Å²) in [6, 6.07) is 0. The fourth-order valence-corrected chi connectivity index (χ4v) is 3.91. The molecule has 0 unspecified atom stereocenters. The fourth-order valence-electron chi connectivity index (χ4n) is 1.54. The number of rotatable bonds is 1. The maximum atomic E-state index is 4.83. The summed E-state index contributed by atoms with van der Waals surface area (Å²) in [5.41, 5.74) is 2.08. The Morgan fingerprint density at radius 1 is 1.38 bits per heavy atom. The maximum absolute atomic E-state index is 4.83. The third-order valence-electron chi connectivity index (χ3n) is 2.15. The molecule has 0 saturated heterocycles. The van der Waals surface area contributed by atoms with E-state index >= 15 is 0 Å². The van der Waals surface area contributed by atoms with Gasteiger partial charge in [0.2, 0.25) is 0 Å². The van der Waals surface area contributed by atoms with Gasteiger partial charge in [0.15, 0.2) is 0 Å². The smallest absolute Gasteiger partial charge is 0.0259 e. The summed E-state index contributed by atoms with van der Waals surface area (Å²) in [5, 5.41) is 2.30. The van der Waals surface area contributed by atoms with Crippen LogP contribution in [0.15, 0.2) is 23.1 Å². The molecule has 1 aliphatic heterocycles. The van der Waals surface area contributed by atoms with Crippen molar-refractivity contribution in [3.05, 3.63) is 23.1 Å². The van der Waals surface area contributed by atoms with Crippen molar-refractivity contribution < 1.29 is 0 Å². The van der Waals surface area contributed by atoms with Gasteiger partial charge < -0.3 is 0 Å². The van der Waals surface area contributed by atoms with Gasteiger partial charge in [0.1, 0.15) is 0 Å².